The smallest absolute Gasteiger partial charge is 0.310 e. The van der Waals surface area contributed by atoms with Gasteiger partial charge >= 0.3 is 5.97 Å². The monoisotopic (exact) mass is 568 g/mol. The fourth-order valence-corrected chi connectivity index (χ4v) is 8.98. The van der Waals surface area contributed by atoms with Gasteiger partial charge in [0.05, 0.1) is 23.2 Å². The lowest BCUT2D eigenvalue weighted by atomic mass is 9.71. The Morgan fingerprint density at radius 1 is 1.18 bits per heavy atom. The van der Waals surface area contributed by atoms with Crippen LogP contribution in [0.25, 0.3) is 0 Å². The van der Waals surface area contributed by atoms with E-state index in [-0.39, 0.29) is 29.6 Å². The number of thioether (sulfide) groups is 1. The zero-order chi connectivity index (χ0) is 28.9. The molecular formula is C32H44N2O5S. The summed E-state index contributed by atoms with van der Waals surface area (Å²) in [7, 11) is 0. The van der Waals surface area contributed by atoms with Crippen LogP contribution in [0.3, 0.4) is 0 Å². The van der Waals surface area contributed by atoms with E-state index < -0.39 is 22.6 Å². The van der Waals surface area contributed by atoms with E-state index in [9.17, 15) is 19.5 Å². The molecule has 218 valence electrons. The Balaban J connectivity index is 1.68. The van der Waals surface area contributed by atoms with Crippen LogP contribution in [0.5, 0.6) is 0 Å². The zero-order valence-electron chi connectivity index (χ0n) is 24.0. The van der Waals surface area contributed by atoms with Gasteiger partial charge in [0.15, 0.2) is 0 Å². The quantitative estimate of drug-likeness (QED) is 0.183. The van der Waals surface area contributed by atoms with Crippen LogP contribution in [0.15, 0.2) is 43.5 Å². The Bertz CT molecular complexity index is 1120. The molecule has 1 aromatic rings. The predicted molar refractivity (Wildman–Crippen MR) is 160 cm³/mol. The third kappa shape index (κ3) is 5.75. The van der Waals surface area contributed by atoms with Crippen molar-refractivity contribution in [2.45, 2.75) is 81.3 Å². The van der Waals surface area contributed by atoms with Gasteiger partial charge in [-0.05, 0) is 69.6 Å². The summed E-state index contributed by atoms with van der Waals surface area (Å²) >= 11 is 1.67. The van der Waals surface area contributed by atoms with E-state index in [1.807, 2.05) is 32.0 Å². The number of ether oxygens (including phenoxy) is 1. The van der Waals surface area contributed by atoms with Crippen LogP contribution < -0.4 is 4.90 Å². The highest BCUT2D eigenvalue weighted by Crippen LogP contribution is 2.66. The minimum absolute atomic E-state index is 0.0172. The fraction of sp³-hybridized carbons (Fsp3) is 0.594. The lowest BCUT2D eigenvalue weighted by Crippen LogP contribution is -2.55. The van der Waals surface area contributed by atoms with Gasteiger partial charge in [0, 0.05) is 30.6 Å². The van der Waals surface area contributed by atoms with Crippen molar-refractivity contribution in [3.63, 3.8) is 0 Å². The summed E-state index contributed by atoms with van der Waals surface area (Å²) in [5.41, 5.74) is 2.87. The second kappa shape index (κ2) is 13.4. The van der Waals surface area contributed by atoms with Crippen LogP contribution in [0.2, 0.25) is 0 Å². The number of carbonyl (C=O) groups is 3. The van der Waals surface area contributed by atoms with Gasteiger partial charge in [0.25, 0.3) is 5.91 Å². The Morgan fingerprint density at radius 3 is 2.67 bits per heavy atom. The number of hydrogen-bond acceptors (Lipinski definition) is 6. The van der Waals surface area contributed by atoms with E-state index in [1.54, 1.807) is 33.7 Å². The molecule has 0 radical (unpaired) electrons. The lowest BCUT2D eigenvalue weighted by Gasteiger charge is -2.37. The standard InChI is InChI=1S/C32H44N2O5S/c1-5-7-12-20-39-31(38)26-25-15-16-32(40-25)27(26)29(36)34(18-10-8-9-11-19-35)28(32)30(37)33(17-6-2)24-21-22(3)13-14-23(24)4/h5-6,13-14,21,25-28,35H,1-2,7-12,15-20H2,3-4H3/t25-,26+,27-,28?,32?/m0/s1. The number of esters is 1. The minimum atomic E-state index is -0.656. The van der Waals surface area contributed by atoms with Crippen molar-refractivity contribution in [3.8, 4) is 0 Å². The van der Waals surface area contributed by atoms with Crippen molar-refractivity contribution < 1.29 is 24.2 Å². The topological polar surface area (TPSA) is 87.2 Å². The van der Waals surface area contributed by atoms with Gasteiger partial charge < -0.3 is 19.6 Å². The number of aryl methyl sites for hydroxylation is 2. The highest BCUT2D eigenvalue weighted by Gasteiger charge is 2.74. The van der Waals surface area contributed by atoms with E-state index >= 15 is 0 Å². The van der Waals surface area contributed by atoms with E-state index in [0.29, 0.717) is 26.1 Å². The van der Waals surface area contributed by atoms with Gasteiger partial charge in [0.1, 0.15) is 6.04 Å². The molecule has 2 bridgehead atoms. The zero-order valence-corrected chi connectivity index (χ0v) is 24.8. The number of benzene rings is 1. The Kier molecular flexibility index (Phi) is 10.2. The molecule has 0 aromatic heterocycles. The number of hydrogen-bond donors (Lipinski definition) is 1. The molecule has 5 atom stereocenters. The summed E-state index contributed by atoms with van der Waals surface area (Å²) in [5, 5.41) is 9.16. The van der Waals surface area contributed by atoms with Gasteiger partial charge in [-0.25, -0.2) is 0 Å². The van der Waals surface area contributed by atoms with E-state index in [4.69, 9.17) is 4.74 Å². The van der Waals surface area contributed by atoms with Gasteiger partial charge in [-0.1, -0.05) is 37.1 Å². The largest absolute Gasteiger partial charge is 0.465 e. The molecule has 7 nitrogen and oxygen atoms in total. The molecule has 3 fully saturated rings. The Hall–Kier alpha value is -2.58. The minimum Gasteiger partial charge on any atom is -0.465 e. The molecule has 2 amide bonds. The second-order valence-electron chi connectivity index (χ2n) is 11.4. The van der Waals surface area contributed by atoms with Gasteiger partial charge in [0.2, 0.25) is 5.91 Å². The first kappa shape index (κ1) is 30.4. The van der Waals surface area contributed by atoms with E-state index in [0.717, 1.165) is 61.8 Å². The van der Waals surface area contributed by atoms with Gasteiger partial charge in [-0.3, -0.25) is 14.4 Å². The molecule has 1 N–H and O–H groups in total. The van der Waals surface area contributed by atoms with Crippen LogP contribution in [0.1, 0.15) is 62.5 Å². The van der Waals surface area contributed by atoms with Crippen molar-refractivity contribution in [2.24, 2.45) is 11.8 Å². The summed E-state index contributed by atoms with van der Waals surface area (Å²) in [6.07, 6.45) is 9.72. The summed E-state index contributed by atoms with van der Waals surface area (Å²) in [6, 6.07) is 5.41. The number of unbranched alkanes of at least 4 members (excludes halogenated alkanes) is 4. The first-order valence-corrected chi connectivity index (χ1v) is 15.5. The second-order valence-corrected chi connectivity index (χ2v) is 13.0. The van der Waals surface area contributed by atoms with Crippen LogP contribution in [-0.2, 0) is 19.1 Å². The summed E-state index contributed by atoms with van der Waals surface area (Å²) in [5.74, 6) is -1.59. The number of nitrogens with zero attached hydrogens (tertiary/aromatic N) is 2. The van der Waals surface area contributed by atoms with Crippen LogP contribution in [0.4, 0.5) is 5.69 Å². The number of carbonyl (C=O) groups excluding carboxylic acids is 3. The van der Waals surface area contributed by atoms with Gasteiger partial charge in [-0.2, -0.15) is 0 Å². The average Bonchev–Trinajstić information content (AvgIpc) is 3.58. The van der Waals surface area contributed by atoms with Gasteiger partial charge in [-0.15, -0.1) is 24.9 Å². The van der Waals surface area contributed by atoms with E-state index in [1.165, 1.54) is 0 Å². The molecule has 3 saturated heterocycles. The summed E-state index contributed by atoms with van der Waals surface area (Å²) in [4.78, 5) is 45.8. The van der Waals surface area contributed by atoms with Crippen LogP contribution >= 0.6 is 11.8 Å². The Labute approximate surface area is 243 Å². The van der Waals surface area contributed by atoms with Crippen molar-refractivity contribution in [1.82, 2.24) is 4.90 Å². The molecular weight excluding hydrogens is 524 g/mol. The molecule has 3 heterocycles. The van der Waals surface area contributed by atoms with Crippen molar-refractivity contribution in [1.29, 1.82) is 0 Å². The Morgan fingerprint density at radius 2 is 1.95 bits per heavy atom. The third-order valence-corrected chi connectivity index (χ3v) is 10.6. The summed E-state index contributed by atoms with van der Waals surface area (Å²) in [6.45, 7) is 12.9. The van der Waals surface area contributed by atoms with Crippen LogP contribution in [-0.4, -0.2) is 70.1 Å². The predicted octanol–water partition coefficient (Wildman–Crippen LogP) is 4.98. The maximum atomic E-state index is 14.6. The van der Waals surface area contributed by atoms with Crippen molar-refractivity contribution >= 4 is 35.2 Å². The number of amides is 2. The highest BCUT2D eigenvalue weighted by molar-refractivity contribution is 8.02. The molecule has 4 rings (SSSR count). The number of aliphatic hydroxyl groups is 1. The maximum absolute atomic E-state index is 14.6. The molecule has 3 aliphatic heterocycles. The molecule has 0 saturated carbocycles. The molecule has 40 heavy (non-hydrogen) atoms. The molecule has 1 aromatic carbocycles. The number of fused-ring (bicyclic) bond motifs is 1. The normalized spacial score (nSPS) is 26.6. The SMILES string of the molecule is C=CCCCOC(=O)[C@@H]1[C@@H]2CCC3(S2)C(C(=O)N(CC=C)c2cc(C)ccc2C)N(CCCCCCO)C(=O)[C@H]13. The van der Waals surface area contributed by atoms with Crippen molar-refractivity contribution in [2.75, 3.05) is 31.2 Å². The van der Waals surface area contributed by atoms with Crippen LogP contribution in [0, 0.1) is 25.7 Å². The third-order valence-electron chi connectivity index (χ3n) is 8.64. The fourth-order valence-electron chi connectivity index (χ4n) is 6.78. The maximum Gasteiger partial charge on any atom is 0.310 e. The first-order valence-electron chi connectivity index (χ1n) is 14.7. The molecule has 0 aliphatic carbocycles. The molecule has 1 spiro atoms. The first-order chi connectivity index (χ1) is 19.3. The summed E-state index contributed by atoms with van der Waals surface area (Å²) < 4.78 is 5.02. The average molecular weight is 569 g/mol. The molecule has 3 aliphatic rings. The number of anilines is 1. The number of rotatable bonds is 15. The number of allylic oxidation sites excluding steroid dienone is 1. The highest BCUT2D eigenvalue weighted by atomic mass is 32.2. The van der Waals surface area contributed by atoms with E-state index in [2.05, 4.69) is 13.2 Å². The number of aliphatic hydroxyl groups excluding tert-OH is 1. The number of likely N-dealkylation sites (tertiary alicyclic amines) is 1. The lowest BCUT2D eigenvalue weighted by molar-refractivity contribution is -0.154. The molecule has 8 heteroatoms. The van der Waals surface area contributed by atoms with Crippen molar-refractivity contribution in [3.05, 3.63) is 54.6 Å². The molecule has 2 unspecified atom stereocenters.